The highest BCUT2D eigenvalue weighted by atomic mass is 16.5. The number of carbonyl (C=O) groups is 2. The number of amides is 1. The molecule has 1 aliphatic rings. The van der Waals surface area contributed by atoms with Gasteiger partial charge >= 0.3 is 5.97 Å². The van der Waals surface area contributed by atoms with Crippen molar-refractivity contribution >= 4 is 28.5 Å². The highest BCUT2D eigenvalue weighted by Crippen LogP contribution is 2.44. The number of nitrogens with one attached hydrogen (secondary N) is 2. The maximum Gasteiger partial charge on any atom is 0.337 e. The third-order valence-corrected chi connectivity index (χ3v) is 6.06. The predicted molar refractivity (Wildman–Crippen MR) is 120 cm³/mol. The highest BCUT2D eigenvalue weighted by molar-refractivity contribution is 6.01. The molecule has 2 N–H and O–H groups in total. The van der Waals surface area contributed by atoms with Gasteiger partial charge in [0.15, 0.2) is 0 Å². The summed E-state index contributed by atoms with van der Waals surface area (Å²) in [5, 5.41) is 4.18. The maximum atomic E-state index is 12.1. The summed E-state index contributed by atoms with van der Waals surface area (Å²) in [6.07, 6.45) is 6.48. The Bertz CT molecular complexity index is 1080. The fourth-order valence-corrected chi connectivity index (χ4v) is 4.54. The molecule has 0 aliphatic heterocycles. The van der Waals surface area contributed by atoms with Gasteiger partial charge in [-0.25, -0.2) is 4.79 Å². The topological polar surface area (TPSA) is 71.2 Å². The van der Waals surface area contributed by atoms with E-state index in [1.807, 2.05) is 49.4 Å². The van der Waals surface area contributed by atoms with Gasteiger partial charge in [0.2, 0.25) is 5.91 Å². The number of rotatable bonds is 5. The predicted octanol–water partition coefficient (Wildman–Crippen LogP) is 6.02. The molecule has 5 heteroatoms. The standard InChI is InChI=1S/C25H28N2O3/c1-3-22(28)26-20-12-8-7-11-19(20)24-23(16-9-5-4-6-10-16)18-14-13-17(25(29)30-2)15-21(18)27-24/h7-8,11-16,27H,3-6,9-10H2,1-2H3,(H,26,28). The van der Waals surface area contributed by atoms with Gasteiger partial charge < -0.3 is 15.0 Å². The smallest absolute Gasteiger partial charge is 0.337 e. The summed E-state index contributed by atoms with van der Waals surface area (Å²) < 4.78 is 4.90. The zero-order valence-electron chi connectivity index (χ0n) is 17.6. The third kappa shape index (κ3) is 3.84. The number of esters is 1. The van der Waals surface area contributed by atoms with Gasteiger partial charge in [-0.3, -0.25) is 4.79 Å². The number of benzene rings is 2. The van der Waals surface area contributed by atoms with Crippen LogP contribution in [0.25, 0.3) is 22.2 Å². The Labute approximate surface area is 176 Å². The van der Waals surface area contributed by atoms with E-state index in [4.69, 9.17) is 4.74 Å². The molecule has 1 aromatic heterocycles. The lowest BCUT2D eigenvalue weighted by atomic mass is 9.81. The largest absolute Gasteiger partial charge is 0.465 e. The lowest BCUT2D eigenvalue weighted by Crippen LogP contribution is -2.11. The molecule has 0 atom stereocenters. The number of hydrogen-bond acceptors (Lipinski definition) is 3. The SMILES string of the molecule is CCC(=O)Nc1ccccc1-c1[nH]c2cc(C(=O)OC)ccc2c1C1CCCCC1. The Morgan fingerprint density at radius 2 is 1.87 bits per heavy atom. The van der Waals surface area contributed by atoms with E-state index < -0.39 is 0 Å². The lowest BCUT2D eigenvalue weighted by Gasteiger charge is -2.23. The Kier molecular flexibility index (Phi) is 5.88. The minimum Gasteiger partial charge on any atom is -0.465 e. The number of carbonyl (C=O) groups excluding carboxylic acids is 2. The van der Waals surface area contributed by atoms with Crippen molar-refractivity contribution in [3.63, 3.8) is 0 Å². The first-order chi connectivity index (χ1) is 14.6. The molecular weight excluding hydrogens is 376 g/mol. The van der Waals surface area contributed by atoms with E-state index in [1.54, 1.807) is 0 Å². The fraction of sp³-hybridized carbons (Fsp3) is 0.360. The Hall–Kier alpha value is -3.08. The molecule has 0 bridgehead atoms. The van der Waals surface area contributed by atoms with Crippen molar-refractivity contribution in [2.24, 2.45) is 0 Å². The van der Waals surface area contributed by atoms with Gasteiger partial charge in [0.05, 0.1) is 24.1 Å². The van der Waals surface area contributed by atoms with Crippen LogP contribution in [0.4, 0.5) is 5.69 Å². The minimum absolute atomic E-state index is 0.00856. The summed E-state index contributed by atoms with van der Waals surface area (Å²) in [6.45, 7) is 1.85. The number of para-hydroxylation sites is 1. The molecule has 5 nitrogen and oxygen atoms in total. The molecule has 1 amide bonds. The van der Waals surface area contributed by atoms with Gasteiger partial charge in [-0.15, -0.1) is 0 Å². The van der Waals surface area contributed by atoms with Crippen molar-refractivity contribution in [1.82, 2.24) is 4.98 Å². The second-order valence-corrected chi connectivity index (χ2v) is 7.95. The van der Waals surface area contributed by atoms with Crippen LogP contribution in [-0.2, 0) is 9.53 Å². The van der Waals surface area contributed by atoms with Gasteiger partial charge in [0, 0.05) is 22.9 Å². The summed E-state index contributed by atoms with van der Waals surface area (Å²) >= 11 is 0. The first kappa shape index (κ1) is 20.2. The van der Waals surface area contributed by atoms with Crippen molar-refractivity contribution in [3.05, 3.63) is 53.6 Å². The number of ether oxygens (including phenoxy) is 1. The van der Waals surface area contributed by atoms with Crippen LogP contribution in [0.3, 0.4) is 0 Å². The number of anilines is 1. The van der Waals surface area contributed by atoms with Gasteiger partial charge in [0.1, 0.15) is 0 Å². The quantitative estimate of drug-likeness (QED) is 0.511. The molecule has 1 fully saturated rings. The zero-order valence-corrected chi connectivity index (χ0v) is 17.6. The second-order valence-electron chi connectivity index (χ2n) is 7.95. The number of aromatic amines is 1. The van der Waals surface area contributed by atoms with Gasteiger partial charge in [0.25, 0.3) is 0 Å². The van der Waals surface area contributed by atoms with Crippen LogP contribution in [0, 0.1) is 0 Å². The van der Waals surface area contributed by atoms with Gasteiger partial charge in [-0.2, -0.15) is 0 Å². The first-order valence-corrected chi connectivity index (χ1v) is 10.8. The molecule has 4 rings (SSSR count). The Balaban J connectivity index is 1.90. The van der Waals surface area contributed by atoms with Crippen molar-refractivity contribution < 1.29 is 14.3 Å². The molecule has 30 heavy (non-hydrogen) atoms. The highest BCUT2D eigenvalue weighted by Gasteiger charge is 2.25. The van der Waals surface area contributed by atoms with Crippen LogP contribution >= 0.6 is 0 Å². The average Bonchev–Trinajstić information content (AvgIpc) is 3.17. The van der Waals surface area contributed by atoms with Crippen LogP contribution < -0.4 is 5.32 Å². The maximum absolute atomic E-state index is 12.1. The normalized spacial score (nSPS) is 14.6. The van der Waals surface area contributed by atoms with Crippen LogP contribution in [0.2, 0.25) is 0 Å². The minimum atomic E-state index is -0.345. The molecular formula is C25H28N2O3. The van der Waals surface area contributed by atoms with E-state index in [9.17, 15) is 9.59 Å². The zero-order chi connectivity index (χ0) is 21.1. The summed E-state index contributed by atoms with van der Waals surface area (Å²) in [5.74, 6) is 0.107. The second kappa shape index (κ2) is 8.74. The van der Waals surface area contributed by atoms with Crippen molar-refractivity contribution in [2.45, 2.75) is 51.4 Å². The average molecular weight is 405 g/mol. The first-order valence-electron chi connectivity index (χ1n) is 10.8. The molecule has 1 aliphatic carbocycles. The van der Waals surface area contributed by atoms with E-state index in [0.717, 1.165) is 40.7 Å². The summed E-state index contributed by atoms with van der Waals surface area (Å²) in [6, 6.07) is 13.6. The Morgan fingerprint density at radius 3 is 2.60 bits per heavy atom. The molecule has 0 spiro atoms. The number of hydrogen-bond donors (Lipinski definition) is 2. The third-order valence-electron chi connectivity index (χ3n) is 6.06. The van der Waals surface area contributed by atoms with Crippen molar-refractivity contribution in [1.29, 1.82) is 0 Å². The lowest BCUT2D eigenvalue weighted by molar-refractivity contribution is -0.115. The number of aromatic nitrogens is 1. The van der Waals surface area contributed by atoms with E-state index in [1.165, 1.54) is 31.9 Å². The summed E-state index contributed by atoms with van der Waals surface area (Å²) in [7, 11) is 1.40. The molecule has 3 aromatic rings. The molecule has 1 heterocycles. The number of fused-ring (bicyclic) bond motifs is 1. The van der Waals surface area contributed by atoms with E-state index in [0.29, 0.717) is 17.9 Å². The van der Waals surface area contributed by atoms with Crippen molar-refractivity contribution in [3.8, 4) is 11.3 Å². The summed E-state index contributed by atoms with van der Waals surface area (Å²) in [4.78, 5) is 27.7. The van der Waals surface area contributed by atoms with Gasteiger partial charge in [-0.05, 0) is 42.5 Å². The van der Waals surface area contributed by atoms with E-state index >= 15 is 0 Å². The molecule has 2 aromatic carbocycles. The molecule has 0 saturated heterocycles. The van der Waals surface area contributed by atoms with Crippen LogP contribution in [-0.4, -0.2) is 24.0 Å². The fourth-order valence-electron chi connectivity index (χ4n) is 4.54. The van der Waals surface area contributed by atoms with E-state index in [2.05, 4.69) is 10.3 Å². The monoisotopic (exact) mass is 404 g/mol. The molecule has 1 saturated carbocycles. The van der Waals surface area contributed by atoms with E-state index in [-0.39, 0.29) is 11.9 Å². The van der Waals surface area contributed by atoms with Crippen LogP contribution in [0.15, 0.2) is 42.5 Å². The summed E-state index contributed by atoms with van der Waals surface area (Å²) in [5.41, 5.74) is 5.56. The molecule has 156 valence electrons. The Morgan fingerprint density at radius 1 is 1.10 bits per heavy atom. The van der Waals surface area contributed by atoms with Crippen LogP contribution in [0.5, 0.6) is 0 Å². The number of methoxy groups -OCH3 is 1. The molecule has 0 unspecified atom stereocenters. The van der Waals surface area contributed by atoms with Gasteiger partial charge in [-0.1, -0.05) is 50.5 Å². The molecule has 0 radical (unpaired) electrons. The van der Waals surface area contributed by atoms with Crippen LogP contribution in [0.1, 0.15) is 67.3 Å². The van der Waals surface area contributed by atoms with Crippen molar-refractivity contribution in [2.75, 3.05) is 12.4 Å². The number of H-pyrrole nitrogens is 1.